The van der Waals surface area contributed by atoms with Crippen LogP contribution in [0.1, 0.15) is 101 Å². The first kappa shape index (κ1) is 20.9. The maximum atomic E-state index is 4.53. The maximum Gasteiger partial charge on any atom is 0.0953 e. The van der Waals surface area contributed by atoms with Crippen molar-refractivity contribution in [1.82, 2.24) is 4.98 Å². The standard InChI is InChI=1S/C15H20.C9H15NS/c1-10(2)12-5-6-13-8-14(11(3)4)9-15(13)7-12;1-6(2)8-5-11-9(10-8)7(3)4/h5-7,9-11H,8H2,1-4H3;5-7H,1-4H3. The van der Waals surface area contributed by atoms with Gasteiger partial charge in [-0.2, -0.15) is 0 Å². The van der Waals surface area contributed by atoms with Gasteiger partial charge in [0.2, 0.25) is 0 Å². The van der Waals surface area contributed by atoms with Crippen LogP contribution in [0.15, 0.2) is 29.2 Å². The number of benzene rings is 1. The van der Waals surface area contributed by atoms with E-state index in [4.69, 9.17) is 0 Å². The van der Waals surface area contributed by atoms with Gasteiger partial charge in [-0.3, -0.25) is 0 Å². The number of nitrogens with zero attached hydrogens (tertiary/aromatic N) is 1. The quantitative estimate of drug-likeness (QED) is 0.536. The van der Waals surface area contributed by atoms with Crippen molar-refractivity contribution >= 4 is 17.4 Å². The van der Waals surface area contributed by atoms with Gasteiger partial charge in [0.25, 0.3) is 0 Å². The number of allylic oxidation sites excluding steroid dienone is 1. The summed E-state index contributed by atoms with van der Waals surface area (Å²) in [5.41, 5.74) is 7.22. The zero-order chi connectivity index (χ0) is 19.4. The lowest BCUT2D eigenvalue weighted by molar-refractivity contribution is 0.754. The van der Waals surface area contributed by atoms with E-state index in [1.54, 1.807) is 16.9 Å². The average molecular weight is 370 g/mol. The van der Waals surface area contributed by atoms with Gasteiger partial charge < -0.3 is 0 Å². The third kappa shape index (κ3) is 5.30. The van der Waals surface area contributed by atoms with Crippen molar-refractivity contribution in [3.63, 3.8) is 0 Å². The van der Waals surface area contributed by atoms with Crippen LogP contribution in [0, 0.1) is 5.92 Å². The molecule has 1 aromatic carbocycles. The van der Waals surface area contributed by atoms with Crippen LogP contribution >= 0.6 is 11.3 Å². The van der Waals surface area contributed by atoms with Gasteiger partial charge in [0.15, 0.2) is 0 Å². The minimum Gasteiger partial charge on any atom is -0.246 e. The second-order valence-electron chi connectivity index (χ2n) is 8.58. The average Bonchev–Trinajstić information content (AvgIpc) is 3.21. The molecule has 0 fully saturated rings. The molecule has 0 aliphatic heterocycles. The highest BCUT2D eigenvalue weighted by Crippen LogP contribution is 2.31. The Kier molecular flexibility index (Phi) is 7.23. The van der Waals surface area contributed by atoms with Crippen LogP contribution in [0.25, 0.3) is 6.08 Å². The first-order valence-electron chi connectivity index (χ1n) is 9.97. The molecular formula is C24H35NS. The summed E-state index contributed by atoms with van der Waals surface area (Å²) < 4.78 is 0. The van der Waals surface area contributed by atoms with E-state index in [1.165, 1.54) is 27.4 Å². The van der Waals surface area contributed by atoms with Crippen molar-refractivity contribution in [2.75, 3.05) is 0 Å². The summed E-state index contributed by atoms with van der Waals surface area (Å²) in [6, 6.07) is 6.94. The molecule has 3 rings (SSSR count). The molecule has 0 saturated heterocycles. The first-order chi connectivity index (χ1) is 12.2. The molecule has 0 amide bonds. The Hall–Kier alpha value is -1.41. The molecule has 1 aliphatic rings. The molecule has 26 heavy (non-hydrogen) atoms. The Labute approximate surface area is 164 Å². The van der Waals surface area contributed by atoms with Gasteiger partial charge in [-0.05, 0) is 40.9 Å². The van der Waals surface area contributed by atoms with E-state index in [0.717, 1.165) is 6.42 Å². The Morgan fingerprint density at radius 1 is 0.846 bits per heavy atom. The lowest BCUT2D eigenvalue weighted by Gasteiger charge is -2.07. The van der Waals surface area contributed by atoms with Crippen molar-refractivity contribution in [2.45, 2.75) is 79.6 Å². The summed E-state index contributed by atoms with van der Waals surface area (Å²) in [5, 5.41) is 3.42. The fourth-order valence-electron chi connectivity index (χ4n) is 2.94. The highest BCUT2D eigenvalue weighted by molar-refractivity contribution is 7.09. The third-order valence-electron chi connectivity index (χ3n) is 4.94. The second kappa shape index (κ2) is 8.99. The number of rotatable bonds is 4. The number of fused-ring (bicyclic) bond motifs is 1. The molecule has 0 bridgehead atoms. The molecule has 2 aromatic rings. The number of hydrogen-bond donors (Lipinski definition) is 0. The van der Waals surface area contributed by atoms with Crippen LogP contribution < -0.4 is 0 Å². The highest BCUT2D eigenvalue weighted by Gasteiger charge is 2.15. The van der Waals surface area contributed by atoms with Crippen molar-refractivity contribution in [2.24, 2.45) is 5.92 Å². The molecule has 0 saturated carbocycles. The van der Waals surface area contributed by atoms with Crippen LogP contribution in [-0.2, 0) is 6.42 Å². The molecule has 0 atom stereocenters. The molecule has 0 radical (unpaired) electrons. The van der Waals surface area contributed by atoms with E-state index in [2.05, 4.69) is 90.0 Å². The summed E-state index contributed by atoms with van der Waals surface area (Å²) in [7, 11) is 0. The van der Waals surface area contributed by atoms with Crippen LogP contribution in [-0.4, -0.2) is 4.98 Å². The van der Waals surface area contributed by atoms with Crippen LogP contribution in [0.4, 0.5) is 0 Å². The van der Waals surface area contributed by atoms with Gasteiger partial charge in [0.05, 0.1) is 10.7 Å². The molecule has 0 unspecified atom stereocenters. The Balaban J connectivity index is 0.000000197. The van der Waals surface area contributed by atoms with E-state index in [1.807, 2.05) is 0 Å². The highest BCUT2D eigenvalue weighted by atomic mass is 32.1. The fourth-order valence-corrected chi connectivity index (χ4v) is 3.94. The molecule has 0 N–H and O–H groups in total. The summed E-state index contributed by atoms with van der Waals surface area (Å²) >= 11 is 1.77. The SMILES string of the molecule is CC(C)C1=Cc2cc(C(C)C)ccc2C1.CC(C)c1csc(C(C)C)n1. The fraction of sp³-hybridized carbons (Fsp3) is 0.542. The molecule has 1 aromatic heterocycles. The molecule has 1 aliphatic carbocycles. The second-order valence-corrected chi connectivity index (χ2v) is 9.47. The first-order valence-corrected chi connectivity index (χ1v) is 10.9. The number of thiazole rings is 1. The van der Waals surface area contributed by atoms with Crippen LogP contribution in [0.3, 0.4) is 0 Å². The minimum atomic E-state index is 0.568. The maximum absolute atomic E-state index is 4.53. The number of aromatic nitrogens is 1. The summed E-state index contributed by atoms with van der Waals surface area (Å²) in [6.07, 6.45) is 3.54. The Bertz CT molecular complexity index is 725. The lowest BCUT2D eigenvalue weighted by Crippen LogP contribution is -1.93. The minimum absolute atomic E-state index is 0.568. The summed E-state index contributed by atoms with van der Waals surface area (Å²) in [5.74, 6) is 2.46. The zero-order valence-electron chi connectivity index (χ0n) is 17.8. The smallest absolute Gasteiger partial charge is 0.0953 e. The van der Waals surface area contributed by atoms with E-state index in [-0.39, 0.29) is 0 Å². The van der Waals surface area contributed by atoms with E-state index in [9.17, 15) is 0 Å². The van der Waals surface area contributed by atoms with Gasteiger partial charge in [-0.15, -0.1) is 11.3 Å². The normalized spacial score (nSPS) is 13.3. The van der Waals surface area contributed by atoms with Gasteiger partial charge in [0.1, 0.15) is 0 Å². The van der Waals surface area contributed by atoms with Crippen molar-refractivity contribution < 1.29 is 0 Å². The largest absolute Gasteiger partial charge is 0.246 e. The Morgan fingerprint density at radius 2 is 1.54 bits per heavy atom. The predicted molar refractivity (Wildman–Crippen MR) is 117 cm³/mol. The molecule has 1 heterocycles. The molecule has 2 heteroatoms. The number of hydrogen-bond acceptors (Lipinski definition) is 2. The van der Waals surface area contributed by atoms with Gasteiger partial charge in [-0.1, -0.05) is 85.2 Å². The molecular weight excluding hydrogens is 334 g/mol. The topological polar surface area (TPSA) is 12.9 Å². The lowest BCUT2D eigenvalue weighted by atomic mass is 9.98. The van der Waals surface area contributed by atoms with Gasteiger partial charge >= 0.3 is 0 Å². The molecule has 142 valence electrons. The van der Waals surface area contributed by atoms with Crippen LogP contribution in [0.2, 0.25) is 0 Å². The van der Waals surface area contributed by atoms with Crippen molar-refractivity contribution in [1.29, 1.82) is 0 Å². The third-order valence-corrected chi connectivity index (χ3v) is 6.10. The predicted octanol–water partition coefficient (Wildman–Crippen LogP) is 7.80. The summed E-state index contributed by atoms with van der Waals surface area (Å²) in [6.45, 7) is 17.8. The van der Waals surface area contributed by atoms with Gasteiger partial charge in [0, 0.05) is 11.3 Å². The summed E-state index contributed by atoms with van der Waals surface area (Å²) in [4.78, 5) is 4.53. The molecule has 0 spiro atoms. The Morgan fingerprint density at radius 3 is 2.00 bits per heavy atom. The van der Waals surface area contributed by atoms with Crippen LogP contribution in [0.5, 0.6) is 0 Å². The van der Waals surface area contributed by atoms with Crippen molar-refractivity contribution in [3.8, 4) is 0 Å². The van der Waals surface area contributed by atoms with Gasteiger partial charge in [-0.25, -0.2) is 4.98 Å². The zero-order valence-corrected chi connectivity index (χ0v) is 18.6. The molecule has 1 nitrogen and oxygen atoms in total. The van der Waals surface area contributed by atoms with E-state index in [0.29, 0.717) is 23.7 Å². The monoisotopic (exact) mass is 369 g/mol. The van der Waals surface area contributed by atoms with E-state index < -0.39 is 0 Å². The van der Waals surface area contributed by atoms with Crippen molar-refractivity contribution in [3.05, 3.63) is 56.5 Å². The van der Waals surface area contributed by atoms with E-state index >= 15 is 0 Å².